The Kier molecular flexibility index (Phi) is 5.81. The molecule has 1 aliphatic heterocycles. The van der Waals surface area contributed by atoms with E-state index in [0.717, 1.165) is 17.3 Å². The summed E-state index contributed by atoms with van der Waals surface area (Å²) in [6, 6.07) is 11.9. The Bertz CT molecular complexity index is 1360. The second-order valence-corrected chi connectivity index (χ2v) is 8.18. The molecule has 11 heteroatoms. The van der Waals surface area contributed by atoms with E-state index in [2.05, 4.69) is 26.0 Å². The first-order valence-electron chi connectivity index (χ1n) is 9.73. The molecule has 1 amide bonds. The lowest BCUT2D eigenvalue weighted by atomic mass is 10.1. The third kappa shape index (κ3) is 4.27. The van der Waals surface area contributed by atoms with Gasteiger partial charge >= 0.3 is 11.7 Å². The predicted molar refractivity (Wildman–Crippen MR) is 121 cm³/mol. The van der Waals surface area contributed by atoms with Crippen LogP contribution in [0.5, 0.6) is 5.75 Å². The van der Waals surface area contributed by atoms with Crippen LogP contribution in [0.1, 0.15) is 36.9 Å². The molecule has 1 aliphatic rings. The van der Waals surface area contributed by atoms with Crippen molar-refractivity contribution in [2.24, 2.45) is 5.10 Å². The van der Waals surface area contributed by atoms with Crippen LogP contribution >= 0.6 is 15.9 Å². The average Bonchev–Trinajstić information content (AvgIpc) is 3.19. The molecular formula is C22H17BrN4O6. The maximum absolute atomic E-state index is 12.5. The summed E-state index contributed by atoms with van der Waals surface area (Å²) in [6.07, 6.45) is -0.952. The Morgan fingerprint density at radius 1 is 1.21 bits per heavy atom. The summed E-state index contributed by atoms with van der Waals surface area (Å²) in [5.41, 5.74) is 1.67. The normalized spacial score (nSPS) is 15.2. The molecule has 0 N–H and O–H groups in total. The molecule has 0 saturated carbocycles. The fourth-order valence-corrected chi connectivity index (χ4v) is 3.99. The van der Waals surface area contributed by atoms with Crippen molar-refractivity contribution < 1.29 is 24.0 Å². The summed E-state index contributed by atoms with van der Waals surface area (Å²) in [7, 11) is 0. The van der Waals surface area contributed by atoms with Crippen molar-refractivity contribution in [3.05, 3.63) is 73.9 Å². The van der Waals surface area contributed by atoms with Gasteiger partial charge in [0.15, 0.2) is 0 Å². The number of benzene rings is 2. The van der Waals surface area contributed by atoms with E-state index in [1.165, 1.54) is 19.1 Å². The zero-order valence-corrected chi connectivity index (χ0v) is 19.3. The number of nitro benzene ring substituents is 1. The molecule has 2 heterocycles. The van der Waals surface area contributed by atoms with Gasteiger partial charge in [0.2, 0.25) is 23.8 Å². The second kappa shape index (κ2) is 8.58. The van der Waals surface area contributed by atoms with Crippen LogP contribution in [0.2, 0.25) is 0 Å². The maximum atomic E-state index is 12.5. The molecule has 0 radical (unpaired) electrons. The minimum Gasteiger partial charge on any atom is -0.446 e. The molecule has 10 nitrogen and oxygen atoms in total. The van der Waals surface area contributed by atoms with E-state index in [0.29, 0.717) is 21.2 Å². The predicted octanol–water partition coefficient (Wildman–Crippen LogP) is 4.38. The minimum absolute atomic E-state index is 0.0510. The molecule has 0 spiro atoms. The molecule has 0 bridgehead atoms. The van der Waals surface area contributed by atoms with Crippen LogP contribution in [0.25, 0.3) is 10.9 Å². The SMILES string of the molecule is CC(=O)Oc1c(C2=NN(C(C)=O)[C@@H](c3cc(C)nc4ccccc34)O2)cc(Br)cc1[N+](=O)[O-]. The number of hydrogen-bond acceptors (Lipinski definition) is 8. The quantitative estimate of drug-likeness (QED) is 0.220. The van der Waals surface area contributed by atoms with Gasteiger partial charge in [0.05, 0.1) is 16.0 Å². The fraction of sp³-hybridized carbons (Fsp3) is 0.182. The van der Waals surface area contributed by atoms with Crippen molar-refractivity contribution in [1.29, 1.82) is 0 Å². The Hall–Kier alpha value is -3.86. The van der Waals surface area contributed by atoms with E-state index < -0.39 is 28.7 Å². The summed E-state index contributed by atoms with van der Waals surface area (Å²) in [4.78, 5) is 39.6. The largest absolute Gasteiger partial charge is 0.446 e. The van der Waals surface area contributed by atoms with Crippen LogP contribution in [0, 0.1) is 17.0 Å². The number of ether oxygens (including phenoxy) is 2. The molecule has 168 valence electrons. The van der Waals surface area contributed by atoms with Crippen molar-refractivity contribution in [2.75, 3.05) is 0 Å². The number of carbonyl (C=O) groups is 2. The number of fused-ring (bicyclic) bond motifs is 1. The van der Waals surface area contributed by atoms with Crippen LogP contribution in [-0.4, -0.2) is 32.7 Å². The van der Waals surface area contributed by atoms with Crippen molar-refractivity contribution in [3.63, 3.8) is 0 Å². The number of rotatable bonds is 4. The second-order valence-electron chi connectivity index (χ2n) is 7.26. The van der Waals surface area contributed by atoms with Crippen LogP contribution < -0.4 is 4.74 Å². The van der Waals surface area contributed by atoms with E-state index in [1.54, 1.807) is 6.07 Å². The van der Waals surface area contributed by atoms with E-state index in [1.807, 2.05) is 31.2 Å². The van der Waals surface area contributed by atoms with Crippen molar-refractivity contribution in [2.45, 2.75) is 27.0 Å². The first-order valence-corrected chi connectivity index (χ1v) is 10.5. The fourth-order valence-electron chi connectivity index (χ4n) is 3.55. The van der Waals surface area contributed by atoms with E-state index in [4.69, 9.17) is 9.47 Å². The number of halogens is 1. The van der Waals surface area contributed by atoms with Crippen LogP contribution in [0.15, 0.2) is 52.0 Å². The molecule has 2 aromatic carbocycles. The number of esters is 1. The molecule has 4 rings (SSSR count). The molecule has 1 aromatic heterocycles. The molecule has 0 aliphatic carbocycles. The van der Waals surface area contributed by atoms with E-state index >= 15 is 0 Å². The van der Waals surface area contributed by atoms with E-state index in [-0.39, 0.29) is 17.2 Å². The number of nitro groups is 1. The monoisotopic (exact) mass is 512 g/mol. The number of hydrazone groups is 1. The van der Waals surface area contributed by atoms with Gasteiger partial charge in [-0.05, 0) is 25.1 Å². The summed E-state index contributed by atoms with van der Waals surface area (Å²) < 4.78 is 11.6. The van der Waals surface area contributed by atoms with Gasteiger partial charge in [-0.1, -0.05) is 34.1 Å². The highest BCUT2D eigenvalue weighted by Gasteiger charge is 2.37. The highest BCUT2D eigenvalue weighted by Crippen LogP contribution is 2.40. The van der Waals surface area contributed by atoms with Crippen molar-refractivity contribution in [3.8, 4) is 5.75 Å². The zero-order valence-electron chi connectivity index (χ0n) is 17.7. The highest BCUT2D eigenvalue weighted by molar-refractivity contribution is 9.10. The first kappa shape index (κ1) is 22.3. The van der Waals surface area contributed by atoms with E-state index in [9.17, 15) is 19.7 Å². The number of hydrogen-bond donors (Lipinski definition) is 0. The van der Waals surface area contributed by atoms with Crippen LogP contribution in [0.3, 0.4) is 0 Å². The smallest absolute Gasteiger partial charge is 0.313 e. The van der Waals surface area contributed by atoms with Gasteiger partial charge in [0, 0.05) is 41.0 Å². The topological polar surface area (TPSA) is 124 Å². The van der Waals surface area contributed by atoms with Gasteiger partial charge in [0.1, 0.15) is 0 Å². The number of para-hydroxylation sites is 1. The lowest BCUT2D eigenvalue weighted by Gasteiger charge is -2.21. The number of aryl methyl sites for hydroxylation is 1. The number of pyridine rings is 1. The minimum atomic E-state index is -0.952. The van der Waals surface area contributed by atoms with Gasteiger partial charge in [0.25, 0.3) is 0 Å². The molecule has 33 heavy (non-hydrogen) atoms. The zero-order chi connectivity index (χ0) is 23.9. The van der Waals surface area contributed by atoms with Crippen LogP contribution in [0.4, 0.5) is 5.69 Å². The Morgan fingerprint density at radius 2 is 1.94 bits per heavy atom. The van der Waals surface area contributed by atoms with Crippen LogP contribution in [-0.2, 0) is 14.3 Å². The molecule has 0 unspecified atom stereocenters. The molecule has 3 aromatic rings. The standard InChI is InChI=1S/C22H17BrN4O6/c1-11-8-16(15-6-4-5-7-18(15)24-11)22-26(12(2)28)25-21(33-22)17-9-14(23)10-19(27(30)31)20(17)32-13(3)29/h4-10,22H,1-3H3/t22-/m1/s1. The van der Waals surface area contributed by atoms with Gasteiger partial charge in [-0.3, -0.25) is 24.7 Å². The highest BCUT2D eigenvalue weighted by atomic mass is 79.9. The number of nitrogens with zero attached hydrogens (tertiary/aromatic N) is 4. The Morgan fingerprint density at radius 3 is 2.61 bits per heavy atom. The number of amides is 1. The molecule has 1 atom stereocenters. The third-order valence-electron chi connectivity index (χ3n) is 4.82. The number of carbonyl (C=O) groups excluding carboxylic acids is 2. The maximum Gasteiger partial charge on any atom is 0.313 e. The van der Waals surface area contributed by atoms with Gasteiger partial charge in [-0.25, -0.2) is 0 Å². The Labute approximate surface area is 196 Å². The van der Waals surface area contributed by atoms with Gasteiger partial charge in [-0.15, -0.1) is 5.10 Å². The van der Waals surface area contributed by atoms with Crippen molar-refractivity contribution in [1.82, 2.24) is 9.99 Å². The summed E-state index contributed by atoms with van der Waals surface area (Å²) in [5.74, 6) is -1.59. The average molecular weight is 513 g/mol. The molecule has 0 fully saturated rings. The lowest BCUT2D eigenvalue weighted by molar-refractivity contribution is -0.385. The lowest BCUT2D eigenvalue weighted by Crippen LogP contribution is -2.25. The van der Waals surface area contributed by atoms with Crippen molar-refractivity contribution >= 4 is 50.3 Å². The van der Waals surface area contributed by atoms with Gasteiger partial charge < -0.3 is 9.47 Å². The number of aromatic nitrogens is 1. The molecular weight excluding hydrogens is 496 g/mol. The summed E-state index contributed by atoms with van der Waals surface area (Å²) in [5, 5.41) is 17.8. The summed E-state index contributed by atoms with van der Waals surface area (Å²) in [6.45, 7) is 4.28. The molecule has 0 saturated heterocycles. The first-order chi connectivity index (χ1) is 15.7. The third-order valence-corrected chi connectivity index (χ3v) is 5.27. The van der Waals surface area contributed by atoms with Gasteiger partial charge in [-0.2, -0.15) is 5.01 Å². The summed E-state index contributed by atoms with van der Waals surface area (Å²) >= 11 is 3.23. The Balaban J connectivity index is 1.88.